The van der Waals surface area contributed by atoms with E-state index in [1.165, 1.54) is 78.0 Å². The van der Waals surface area contributed by atoms with Crippen LogP contribution in [0.2, 0.25) is 0 Å². The third-order valence-electron chi connectivity index (χ3n) is 16.1. The minimum atomic E-state index is -0.471. The molecule has 0 saturated carbocycles. The Bertz CT molecular complexity index is 3220. The van der Waals surface area contributed by atoms with E-state index in [-0.39, 0.29) is 16.2 Å². The Morgan fingerprint density at radius 3 is 1.73 bits per heavy atom. The van der Waals surface area contributed by atoms with Crippen molar-refractivity contribution in [1.29, 1.82) is 0 Å². The number of hydrogen-bond acceptors (Lipinski definition) is 1. The first-order valence-corrected chi connectivity index (χ1v) is 24.0. The highest BCUT2D eigenvalue weighted by Gasteiger charge is 2.57. The summed E-state index contributed by atoms with van der Waals surface area (Å²) in [6.07, 6.45) is 12.5. The molecule has 5 aliphatic rings. The van der Waals surface area contributed by atoms with Crippen molar-refractivity contribution in [1.82, 2.24) is 0 Å². The van der Waals surface area contributed by atoms with Crippen LogP contribution in [0.4, 0.5) is 11.4 Å². The molecule has 7 aromatic carbocycles. The molecule has 12 rings (SSSR count). The summed E-state index contributed by atoms with van der Waals surface area (Å²) < 4.78 is 0. The molecule has 0 saturated heterocycles. The molecule has 0 bridgehead atoms. The van der Waals surface area contributed by atoms with Gasteiger partial charge in [-0.2, -0.15) is 0 Å². The Morgan fingerprint density at radius 1 is 0.515 bits per heavy atom. The molecule has 0 heterocycles. The van der Waals surface area contributed by atoms with Crippen molar-refractivity contribution in [3.8, 4) is 22.3 Å². The van der Waals surface area contributed by atoms with Crippen molar-refractivity contribution < 1.29 is 0 Å². The summed E-state index contributed by atoms with van der Waals surface area (Å²) in [7, 11) is 0. The second kappa shape index (κ2) is 14.5. The van der Waals surface area contributed by atoms with Crippen molar-refractivity contribution in [3.63, 3.8) is 0 Å². The molecule has 0 aromatic heterocycles. The number of hydrogen-bond donors (Lipinski definition) is 0. The molecule has 7 aromatic rings. The summed E-state index contributed by atoms with van der Waals surface area (Å²) in [5, 5.41) is 0. The molecule has 322 valence electrons. The molecule has 0 aliphatic heterocycles. The minimum Gasteiger partial charge on any atom is -0.310 e. The summed E-state index contributed by atoms with van der Waals surface area (Å²) in [5.41, 5.74) is 22.8. The molecule has 4 unspecified atom stereocenters. The van der Waals surface area contributed by atoms with E-state index in [1.807, 2.05) is 0 Å². The Balaban J connectivity index is 1.13. The highest BCUT2D eigenvalue weighted by molar-refractivity contribution is 5.96. The summed E-state index contributed by atoms with van der Waals surface area (Å²) in [6, 6.07) is 66.5. The van der Waals surface area contributed by atoms with Gasteiger partial charge in [0.2, 0.25) is 0 Å². The van der Waals surface area contributed by atoms with E-state index in [2.05, 4.69) is 260 Å². The number of rotatable bonds is 6. The monoisotopic (exact) mass is 851 g/mol. The van der Waals surface area contributed by atoms with Crippen LogP contribution in [0.1, 0.15) is 87.4 Å². The molecule has 0 radical (unpaired) electrons. The van der Waals surface area contributed by atoms with Crippen molar-refractivity contribution in [2.24, 2.45) is 17.3 Å². The van der Waals surface area contributed by atoms with Gasteiger partial charge in [0.15, 0.2) is 0 Å². The van der Waals surface area contributed by atoms with E-state index in [1.54, 1.807) is 11.1 Å². The molecular formula is C65H57N. The van der Waals surface area contributed by atoms with Crippen LogP contribution in [0.15, 0.2) is 229 Å². The van der Waals surface area contributed by atoms with Crippen LogP contribution in [0.25, 0.3) is 27.8 Å². The van der Waals surface area contributed by atoms with Crippen LogP contribution in [0.3, 0.4) is 0 Å². The Labute approximate surface area is 391 Å². The molecule has 0 amide bonds. The van der Waals surface area contributed by atoms with Crippen molar-refractivity contribution in [2.45, 2.75) is 64.7 Å². The minimum absolute atomic E-state index is 0.101. The molecular weight excluding hydrogens is 795 g/mol. The van der Waals surface area contributed by atoms with Crippen LogP contribution < -0.4 is 4.90 Å². The van der Waals surface area contributed by atoms with Gasteiger partial charge in [-0.05, 0) is 139 Å². The van der Waals surface area contributed by atoms with Gasteiger partial charge < -0.3 is 4.90 Å². The number of anilines is 2. The first-order chi connectivity index (χ1) is 31.9. The predicted octanol–water partition coefficient (Wildman–Crippen LogP) is 16.5. The zero-order valence-corrected chi connectivity index (χ0v) is 39.2. The highest BCUT2D eigenvalue weighted by atomic mass is 15.2. The number of benzene rings is 7. The van der Waals surface area contributed by atoms with Crippen molar-refractivity contribution in [2.75, 3.05) is 4.90 Å². The third-order valence-corrected chi connectivity index (χ3v) is 16.1. The lowest BCUT2D eigenvalue weighted by molar-refractivity contribution is 0.445. The fourth-order valence-electron chi connectivity index (χ4n) is 13.1. The van der Waals surface area contributed by atoms with Crippen molar-refractivity contribution in [3.05, 3.63) is 268 Å². The average Bonchev–Trinajstić information content (AvgIpc) is 3.63. The van der Waals surface area contributed by atoms with Gasteiger partial charge in [0.05, 0.1) is 11.1 Å². The zero-order chi connectivity index (χ0) is 45.2. The van der Waals surface area contributed by atoms with Crippen LogP contribution in [0, 0.1) is 17.3 Å². The molecule has 1 nitrogen and oxygen atoms in total. The molecule has 0 fully saturated rings. The standard InChI is InChI=1S/C65H57N/c1-42-38-39-63(6)55-24-16-15-23-53(55)60-58(37-32-49-40-43(2)59(42)61(63)64(49,60)7)66(50-33-28-45(29-34-50)44-26-30-46(31-27-44)62(3,4)5)51-35-36-57-54(41-51)52-22-14-17-25-56(52)65(57,47-18-10-8-11-19-47)48-20-12-9-13-21-48/h8-43H,1-7H3. The predicted molar refractivity (Wildman–Crippen MR) is 277 cm³/mol. The topological polar surface area (TPSA) is 3.24 Å². The van der Waals surface area contributed by atoms with E-state index >= 15 is 0 Å². The van der Waals surface area contributed by atoms with Crippen LogP contribution in [-0.2, 0) is 16.2 Å². The highest BCUT2D eigenvalue weighted by Crippen LogP contribution is 2.68. The van der Waals surface area contributed by atoms with Gasteiger partial charge in [-0.25, -0.2) is 0 Å². The van der Waals surface area contributed by atoms with Gasteiger partial charge in [-0.3, -0.25) is 0 Å². The number of nitrogens with zero attached hydrogens (tertiary/aromatic N) is 1. The van der Waals surface area contributed by atoms with Crippen LogP contribution in [0.5, 0.6) is 0 Å². The first kappa shape index (κ1) is 40.5. The molecule has 0 spiro atoms. The van der Waals surface area contributed by atoms with E-state index in [4.69, 9.17) is 0 Å². The summed E-state index contributed by atoms with van der Waals surface area (Å²) >= 11 is 0. The second-order valence-corrected chi connectivity index (χ2v) is 20.8. The number of fused-ring (bicyclic) bond motifs is 6. The summed E-state index contributed by atoms with van der Waals surface area (Å²) in [6.45, 7) is 16.7. The van der Waals surface area contributed by atoms with E-state index in [9.17, 15) is 0 Å². The third kappa shape index (κ3) is 5.59. The van der Waals surface area contributed by atoms with Gasteiger partial charge in [0.1, 0.15) is 0 Å². The lowest BCUT2D eigenvalue weighted by atomic mass is 9.46. The van der Waals surface area contributed by atoms with Gasteiger partial charge in [0.25, 0.3) is 0 Å². The van der Waals surface area contributed by atoms with E-state index < -0.39 is 5.41 Å². The maximum Gasteiger partial charge on any atom is 0.0713 e. The zero-order valence-electron chi connectivity index (χ0n) is 39.2. The fourth-order valence-corrected chi connectivity index (χ4v) is 13.1. The normalized spacial score (nSPS) is 22.9. The smallest absolute Gasteiger partial charge is 0.0713 e. The van der Waals surface area contributed by atoms with E-state index in [0.717, 1.165) is 11.4 Å². The first-order valence-electron chi connectivity index (χ1n) is 24.0. The lowest BCUT2D eigenvalue weighted by Crippen LogP contribution is -2.47. The van der Waals surface area contributed by atoms with E-state index in [0.29, 0.717) is 11.8 Å². The van der Waals surface area contributed by atoms with Crippen molar-refractivity contribution >= 4 is 16.9 Å². The average molecular weight is 852 g/mol. The van der Waals surface area contributed by atoms with Crippen LogP contribution >= 0.6 is 0 Å². The summed E-state index contributed by atoms with van der Waals surface area (Å²) in [5.74, 6) is 0.721. The van der Waals surface area contributed by atoms with Gasteiger partial charge >= 0.3 is 0 Å². The molecule has 0 N–H and O–H groups in total. The quantitative estimate of drug-likeness (QED) is 0.151. The summed E-state index contributed by atoms with van der Waals surface area (Å²) in [4.78, 5) is 2.58. The maximum atomic E-state index is 2.58. The Morgan fingerprint density at radius 2 is 1.08 bits per heavy atom. The Kier molecular flexibility index (Phi) is 8.92. The van der Waals surface area contributed by atoms with Gasteiger partial charge in [-0.1, -0.05) is 216 Å². The Hall–Kier alpha value is -6.96. The second-order valence-electron chi connectivity index (χ2n) is 20.8. The lowest BCUT2D eigenvalue weighted by Gasteiger charge is -2.57. The van der Waals surface area contributed by atoms with Crippen LogP contribution in [-0.4, -0.2) is 0 Å². The fraction of sp³-hybridized carbons (Fsp3) is 0.200. The molecule has 66 heavy (non-hydrogen) atoms. The molecule has 4 atom stereocenters. The largest absolute Gasteiger partial charge is 0.310 e. The molecule has 1 heteroatoms. The SMILES string of the molecule is CC1C=CC2(C)C3=C1C(C)C=C1C=CC(N(c4ccc(-c5ccc(C(C)(C)C)cc5)cc4)c4ccc5c(c4)-c4ccccc4C5(c4ccccc4)c4ccccc4)=C(c4ccccc42)C13C. The molecule has 5 aliphatic carbocycles. The van der Waals surface area contributed by atoms with Gasteiger partial charge in [0, 0.05) is 22.2 Å². The van der Waals surface area contributed by atoms with Gasteiger partial charge in [-0.15, -0.1) is 0 Å². The number of allylic oxidation sites excluding steroid dienone is 9. The maximum absolute atomic E-state index is 2.58.